The smallest absolute Gasteiger partial charge is 0.315 e. The van der Waals surface area contributed by atoms with Gasteiger partial charge in [0.05, 0.1) is 5.92 Å². The first kappa shape index (κ1) is 11.1. The number of rotatable bonds is 2. The molecule has 3 nitrogen and oxygen atoms in total. The normalized spacial score (nSPS) is 17.1. The number of aromatic nitrogens is 1. The van der Waals surface area contributed by atoms with E-state index < -0.39 is 0 Å². The van der Waals surface area contributed by atoms with Crippen molar-refractivity contribution in [1.82, 2.24) is 4.98 Å². The Morgan fingerprint density at radius 1 is 1.31 bits per heavy atom. The van der Waals surface area contributed by atoms with Gasteiger partial charge in [0.2, 0.25) is 5.88 Å². The Labute approximate surface area is 95.8 Å². The highest BCUT2D eigenvalue weighted by Crippen LogP contribution is 2.25. The Morgan fingerprint density at radius 2 is 2.06 bits per heavy atom. The standard InChI is InChI=1S/C13H17NO2/c1-10-7-8-12(14-9-10)16-13(15)11-5-3-2-4-6-11/h7-9,11H,2-6H2,1H3. The van der Waals surface area contributed by atoms with Crippen molar-refractivity contribution in [3.63, 3.8) is 0 Å². The van der Waals surface area contributed by atoms with Crippen molar-refractivity contribution in [2.45, 2.75) is 39.0 Å². The van der Waals surface area contributed by atoms with Gasteiger partial charge in [-0.25, -0.2) is 4.98 Å². The van der Waals surface area contributed by atoms with Gasteiger partial charge in [-0.15, -0.1) is 0 Å². The van der Waals surface area contributed by atoms with E-state index in [0.29, 0.717) is 5.88 Å². The van der Waals surface area contributed by atoms with Crippen molar-refractivity contribution in [1.29, 1.82) is 0 Å². The highest BCUT2D eigenvalue weighted by Gasteiger charge is 2.23. The number of ether oxygens (including phenoxy) is 1. The molecular formula is C13H17NO2. The molecule has 3 heteroatoms. The third-order valence-electron chi connectivity index (χ3n) is 3.03. The van der Waals surface area contributed by atoms with Crippen LogP contribution in [0.4, 0.5) is 0 Å². The minimum absolute atomic E-state index is 0.0804. The predicted molar refractivity (Wildman–Crippen MR) is 61.2 cm³/mol. The van der Waals surface area contributed by atoms with Crippen molar-refractivity contribution in [2.24, 2.45) is 5.92 Å². The quantitative estimate of drug-likeness (QED) is 0.718. The fraction of sp³-hybridized carbons (Fsp3) is 0.538. The largest absolute Gasteiger partial charge is 0.407 e. The zero-order valence-electron chi connectivity index (χ0n) is 9.61. The van der Waals surface area contributed by atoms with Crippen molar-refractivity contribution >= 4 is 5.97 Å². The van der Waals surface area contributed by atoms with E-state index in [-0.39, 0.29) is 11.9 Å². The maximum atomic E-state index is 11.8. The van der Waals surface area contributed by atoms with Crippen LogP contribution in [0.5, 0.6) is 5.88 Å². The van der Waals surface area contributed by atoms with Gasteiger partial charge in [-0.2, -0.15) is 0 Å². The first-order chi connectivity index (χ1) is 7.75. The van der Waals surface area contributed by atoms with E-state index in [2.05, 4.69) is 4.98 Å². The molecule has 1 fully saturated rings. The fourth-order valence-corrected chi connectivity index (χ4v) is 2.04. The summed E-state index contributed by atoms with van der Waals surface area (Å²) in [5, 5.41) is 0. The second kappa shape index (κ2) is 5.10. The molecule has 86 valence electrons. The van der Waals surface area contributed by atoms with Gasteiger partial charge in [0, 0.05) is 12.3 Å². The Bertz CT molecular complexity index is 353. The minimum atomic E-state index is -0.115. The third-order valence-corrected chi connectivity index (χ3v) is 3.03. The van der Waals surface area contributed by atoms with Crippen LogP contribution in [0.15, 0.2) is 18.3 Å². The summed E-state index contributed by atoms with van der Waals surface area (Å²) in [7, 11) is 0. The van der Waals surface area contributed by atoms with Crippen LogP contribution >= 0.6 is 0 Å². The summed E-state index contributed by atoms with van der Waals surface area (Å²) in [4.78, 5) is 15.9. The molecule has 2 rings (SSSR count). The van der Waals surface area contributed by atoms with Crippen molar-refractivity contribution in [3.05, 3.63) is 23.9 Å². The Kier molecular flexibility index (Phi) is 3.54. The van der Waals surface area contributed by atoms with Gasteiger partial charge >= 0.3 is 5.97 Å². The van der Waals surface area contributed by atoms with E-state index >= 15 is 0 Å². The molecule has 0 saturated heterocycles. The number of esters is 1. The molecule has 1 aliphatic carbocycles. The number of carbonyl (C=O) groups excluding carboxylic acids is 1. The van der Waals surface area contributed by atoms with Crippen molar-refractivity contribution < 1.29 is 9.53 Å². The molecule has 1 aromatic rings. The number of aryl methyl sites for hydroxylation is 1. The Balaban J connectivity index is 1.93. The fourth-order valence-electron chi connectivity index (χ4n) is 2.04. The van der Waals surface area contributed by atoms with E-state index in [1.807, 2.05) is 13.0 Å². The van der Waals surface area contributed by atoms with Gasteiger partial charge in [-0.1, -0.05) is 25.3 Å². The van der Waals surface area contributed by atoms with Gasteiger partial charge in [-0.05, 0) is 25.3 Å². The van der Waals surface area contributed by atoms with Crippen LogP contribution in [0.2, 0.25) is 0 Å². The molecule has 0 aromatic carbocycles. The lowest BCUT2D eigenvalue weighted by Gasteiger charge is -2.19. The van der Waals surface area contributed by atoms with Gasteiger partial charge in [-0.3, -0.25) is 4.79 Å². The molecular weight excluding hydrogens is 202 g/mol. The lowest BCUT2D eigenvalue weighted by atomic mass is 9.89. The lowest BCUT2D eigenvalue weighted by molar-refractivity contribution is -0.140. The first-order valence-corrected chi connectivity index (χ1v) is 5.90. The van der Waals surface area contributed by atoms with Crippen LogP contribution in [-0.4, -0.2) is 11.0 Å². The average Bonchev–Trinajstić information content (AvgIpc) is 2.33. The number of carbonyl (C=O) groups is 1. The summed E-state index contributed by atoms with van der Waals surface area (Å²) in [6, 6.07) is 3.65. The van der Waals surface area contributed by atoms with Gasteiger partial charge in [0.15, 0.2) is 0 Å². The van der Waals surface area contributed by atoms with E-state index in [4.69, 9.17) is 4.74 Å². The Morgan fingerprint density at radius 3 is 2.69 bits per heavy atom. The molecule has 0 radical (unpaired) electrons. The lowest BCUT2D eigenvalue weighted by Crippen LogP contribution is -2.23. The van der Waals surface area contributed by atoms with Gasteiger partial charge in [0.1, 0.15) is 0 Å². The zero-order valence-corrected chi connectivity index (χ0v) is 9.61. The van der Waals surface area contributed by atoms with Gasteiger partial charge in [0.25, 0.3) is 0 Å². The molecule has 1 heterocycles. The van der Waals surface area contributed by atoms with Crippen LogP contribution in [-0.2, 0) is 4.79 Å². The molecule has 16 heavy (non-hydrogen) atoms. The SMILES string of the molecule is Cc1ccc(OC(=O)C2CCCCC2)nc1. The number of nitrogens with zero attached hydrogens (tertiary/aromatic N) is 1. The number of hydrogen-bond acceptors (Lipinski definition) is 3. The van der Waals surface area contributed by atoms with Crippen molar-refractivity contribution in [3.8, 4) is 5.88 Å². The second-order valence-corrected chi connectivity index (χ2v) is 4.43. The summed E-state index contributed by atoms with van der Waals surface area (Å²) in [6.45, 7) is 1.96. The molecule has 0 amide bonds. The zero-order chi connectivity index (χ0) is 11.4. The highest BCUT2D eigenvalue weighted by atomic mass is 16.5. The molecule has 1 saturated carbocycles. The second-order valence-electron chi connectivity index (χ2n) is 4.43. The topological polar surface area (TPSA) is 39.2 Å². The number of hydrogen-bond donors (Lipinski definition) is 0. The monoisotopic (exact) mass is 219 g/mol. The third kappa shape index (κ3) is 2.81. The minimum Gasteiger partial charge on any atom is -0.407 e. The number of pyridine rings is 1. The van der Waals surface area contributed by atoms with E-state index in [1.54, 1.807) is 12.3 Å². The van der Waals surface area contributed by atoms with Crippen LogP contribution in [0, 0.1) is 12.8 Å². The average molecular weight is 219 g/mol. The predicted octanol–water partition coefficient (Wildman–Crippen LogP) is 2.88. The van der Waals surface area contributed by atoms with E-state index in [1.165, 1.54) is 6.42 Å². The molecule has 0 aliphatic heterocycles. The van der Waals surface area contributed by atoms with E-state index in [9.17, 15) is 4.79 Å². The summed E-state index contributed by atoms with van der Waals surface area (Å²) in [6.07, 6.45) is 7.16. The molecule has 0 N–H and O–H groups in total. The summed E-state index contributed by atoms with van der Waals surface area (Å²) < 4.78 is 5.26. The molecule has 0 bridgehead atoms. The summed E-state index contributed by atoms with van der Waals surface area (Å²) in [5.74, 6) is 0.383. The van der Waals surface area contributed by atoms with Crippen LogP contribution < -0.4 is 4.74 Å². The van der Waals surface area contributed by atoms with E-state index in [0.717, 1.165) is 31.2 Å². The van der Waals surface area contributed by atoms with Crippen LogP contribution in [0.25, 0.3) is 0 Å². The first-order valence-electron chi connectivity index (χ1n) is 5.90. The molecule has 0 atom stereocenters. The maximum Gasteiger partial charge on any atom is 0.315 e. The molecule has 1 aliphatic rings. The maximum absolute atomic E-state index is 11.8. The van der Waals surface area contributed by atoms with Crippen LogP contribution in [0.3, 0.4) is 0 Å². The molecule has 0 unspecified atom stereocenters. The molecule has 1 aromatic heterocycles. The van der Waals surface area contributed by atoms with Crippen LogP contribution in [0.1, 0.15) is 37.7 Å². The summed E-state index contributed by atoms with van der Waals surface area (Å²) >= 11 is 0. The van der Waals surface area contributed by atoms with Crippen molar-refractivity contribution in [2.75, 3.05) is 0 Å². The molecule has 0 spiro atoms. The summed E-state index contributed by atoms with van der Waals surface area (Å²) in [5.41, 5.74) is 1.07. The highest BCUT2D eigenvalue weighted by molar-refractivity contribution is 5.74. The Hall–Kier alpha value is -1.38. The van der Waals surface area contributed by atoms with Gasteiger partial charge < -0.3 is 4.74 Å².